The van der Waals surface area contributed by atoms with E-state index in [9.17, 15) is 0 Å². The quantitative estimate of drug-likeness (QED) is 0.773. The summed E-state index contributed by atoms with van der Waals surface area (Å²) in [4.78, 5) is 0. The highest BCUT2D eigenvalue weighted by Gasteiger charge is 2.21. The first-order valence-corrected chi connectivity index (χ1v) is 8.00. The van der Waals surface area contributed by atoms with Gasteiger partial charge in [-0.05, 0) is 43.4 Å². The fourth-order valence-corrected chi connectivity index (χ4v) is 3.05. The summed E-state index contributed by atoms with van der Waals surface area (Å²) in [5, 5.41) is 3.79. The molecule has 2 rings (SSSR count). The number of nitrogens with one attached hydrogen (secondary N) is 1. The molecule has 0 heterocycles. The molecule has 2 atom stereocenters. The Kier molecular flexibility index (Phi) is 5.25. The SMILES string of the molecule is CCC(NC(C)CC1CCC1)c1ccc(Br)cc1. The first-order chi connectivity index (χ1) is 8.69. The summed E-state index contributed by atoms with van der Waals surface area (Å²) in [6.45, 7) is 4.59. The van der Waals surface area contributed by atoms with Crippen molar-refractivity contribution in [3.63, 3.8) is 0 Å². The Hall–Kier alpha value is -0.340. The number of halogens is 1. The number of rotatable bonds is 6. The van der Waals surface area contributed by atoms with E-state index in [-0.39, 0.29) is 0 Å². The van der Waals surface area contributed by atoms with Gasteiger partial charge in [-0.15, -0.1) is 0 Å². The Morgan fingerprint density at radius 1 is 1.28 bits per heavy atom. The molecule has 1 N–H and O–H groups in total. The molecule has 0 spiro atoms. The molecule has 100 valence electrons. The van der Waals surface area contributed by atoms with Crippen molar-refractivity contribution >= 4 is 15.9 Å². The van der Waals surface area contributed by atoms with Crippen molar-refractivity contribution in [1.29, 1.82) is 0 Å². The van der Waals surface area contributed by atoms with Crippen LogP contribution in [0.3, 0.4) is 0 Å². The van der Waals surface area contributed by atoms with E-state index >= 15 is 0 Å². The molecular weight excluding hydrogens is 286 g/mol. The molecule has 1 aromatic rings. The van der Waals surface area contributed by atoms with Crippen LogP contribution in [0.2, 0.25) is 0 Å². The van der Waals surface area contributed by atoms with Crippen LogP contribution in [-0.2, 0) is 0 Å². The van der Waals surface area contributed by atoms with Gasteiger partial charge in [-0.1, -0.05) is 54.2 Å². The van der Waals surface area contributed by atoms with Crippen molar-refractivity contribution in [2.75, 3.05) is 0 Å². The van der Waals surface area contributed by atoms with E-state index < -0.39 is 0 Å². The molecule has 1 fully saturated rings. The van der Waals surface area contributed by atoms with Gasteiger partial charge in [0.05, 0.1) is 0 Å². The topological polar surface area (TPSA) is 12.0 Å². The number of benzene rings is 1. The summed E-state index contributed by atoms with van der Waals surface area (Å²) < 4.78 is 1.16. The molecule has 0 aromatic heterocycles. The average molecular weight is 310 g/mol. The van der Waals surface area contributed by atoms with Crippen molar-refractivity contribution < 1.29 is 0 Å². The molecule has 0 bridgehead atoms. The Morgan fingerprint density at radius 3 is 2.44 bits per heavy atom. The molecule has 0 radical (unpaired) electrons. The number of hydrogen-bond donors (Lipinski definition) is 1. The van der Waals surface area contributed by atoms with Gasteiger partial charge in [0.25, 0.3) is 0 Å². The minimum absolute atomic E-state index is 0.494. The minimum atomic E-state index is 0.494. The van der Waals surface area contributed by atoms with Gasteiger partial charge in [0.1, 0.15) is 0 Å². The van der Waals surface area contributed by atoms with Crippen LogP contribution in [0.15, 0.2) is 28.7 Å². The van der Waals surface area contributed by atoms with E-state index in [0.717, 1.165) is 16.8 Å². The summed E-state index contributed by atoms with van der Waals surface area (Å²) in [6, 6.07) is 9.84. The normalized spacial score (nSPS) is 19.3. The van der Waals surface area contributed by atoms with Crippen molar-refractivity contribution in [1.82, 2.24) is 5.32 Å². The lowest BCUT2D eigenvalue weighted by Gasteiger charge is -2.30. The molecule has 2 unspecified atom stereocenters. The third-order valence-corrected chi connectivity index (χ3v) is 4.61. The van der Waals surface area contributed by atoms with Gasteiger partial charge in [-0.2, -0.15) is 0 Å². The molecular formula is C16H24BrN. The van der Waals surface area contributed by atoms with E-state index in [4.69, 9.17) is 0 Å². The van der Waals surface area contributed by atoms with Gasteiger partial charge in [0.15, 0.2) is 0 Å². The molecule has 1 aliphatic carbocycles. The van der Waals surface area contributed by atoms with E-state index in [1.54, 1.807) is 0 Å². The lowest BCUT2D eigenvalue weighted by Crippen LogP contribution is -2.33. The van der Waals surface area contributed by atoms with Gasteiger partial charge in [-0.25, -0.2) is 0 Å². The van der Waals surface area contributed by atoms with Crippen LogP contribution in [0.1, 0.15) is 57.6 Å². The standard InChI is InChI=1S/C16H24BrN/c1-3-16(14-7-9-15(17)10-8-14)18-12(2)11-13-5-4-6-13/h7-10,12-13,16,18H,3-6,11H2,1-2H3. The molecule has 1 saturated carbocycles. The lowest BCUT2D eigenvalue weighted by atomic mass is 9.81. The second kappa shape index (κ2) is 6.72. The van der Waals surface area contributed by atoms with Gasteiger partial charge in [0.2, 0.25) is 0 Å². The van der Waals surface area contributed by atoms with Gasteiger partial charge in [-0.3, -0.25) is 0 Å². The maximum Gasteiger partial charge on any atom is 0.0319 e. The van der Waals surface area contributed by atoms with Crippen molar-refractivity contribution in [3.05, 3.63) is 34.3 Å². The summed E-state index contributed by atoms with van der Waals surface area (Å²) in [5.41, 5.74) is 1.40. The van der Waals surface area contributed by atoms with Crippen LogP contribution in [0.5, 0.6) is 0 Å². The van der Waals surface area contributed by atoms with E-state index in [2.05, 4.69) is 59.4 Å². The van der Waals surface area contributed by atoms with Crippen molar-refractivity contribution in [2.24, 2.45) is 5.92 Å². The minimum Gasteiger partial charge on any atom is -0.307 e. The maximum atomic E-state index is 3.79. The molecule has 1 aliphatic rings. The zero-order valence-corrected chi connectivity index (χ0v) is 13.0. The zero-order valence-electron chi connectivity index (χ0n) is 11.5. The Balaban J connectivity index is 1.89. The maximum absolute atomic E-state index is 3.79. The Bertz CT molecular complexity index is 356. The van der Waals surface area contributed by atoms with E-state index in [1.807, 2.05) is 0 Å². The molecule has 0 amide bonds. The molecule has 0 saturated heterocycles. The Morgan fingerprint density at radius 2 is 1.94 bits per heavy atom. The first kappa shape index (κ1) is 14.1. The largest absolute Gasteiger partial charge is 0.307 e. The predicted octanol–water partition coefficient (Wildman–Crippen LogP) is 5.07. The Labute approximate surface area is 119 Å². The molecule has 18 heavy (non-hydrogen) atoms. The predicted molar refractivity (Wildman–Crippen MR) is 81.7 cm³/mol. The highest BCUT2D eigenvalue weighted by atomic mass is 79.9. The average Bonchev–Trinajstić information content (AvgIpc) is 2.32. The smallest absolute Gasteiger partial charge is 0.0319 e. The third kappa shape index (κ3) is 3.83. The van der Waals surface area contributed by atoms with Gasteiger partial charge in [0, 0.05) is 16.6 Å². The van der Waals surface area contributed by atoms with Crippen LogP contribution in [0.25, 0.3) is 0 Å². The van der Waals surface area contributed by atoms with Gasteiger partial charge >= 0.3 is 0 Å². The molecule has 0 aliphatic heterocycles. The van der Waals surface area contributed by atoms with Crippen LogP contribution in [0.4, 0.5) is 0 Å². The summed E-state index contributed by atoms with van der Waals surface area (Å²) in [7, 11) is 0. The van der Waals surface area contributed by atoms with Crippen molar-refractivity contribution in [3.8, 4) is 0 Å². The van der Waals surface area contributed by atoms with E-state index in [0.29, 0.717) is 12.1 Å². The first-order valence-electron chi connectivity index (χ1n) is 7.20. The summed E-state index contributed by atoms with van der Waals surface area (Å²) in [6.07, 6.45) is 6.83. The second-order valence-corrected chi connectivity index (χ2v) is 6.53. The third-order valence-electron chi connectivity index (χ3n) is 4.08. The zero-order chi connectivity index (χ0) is 13.0. The van der Waals surface area contributed by atoms with Crippen LogP contribution >= 0.6 is 15.9 Å². The van der Waals surface area contributed by atoms with E-state index in [1.165, 1.54) is 31.2 Å². The van der Waals surface area contributed by atoms with Gasteiger partial charge < -0.3 is 5.32 Å². The van der Waals surface area contributed by atoms with Crippen LogP contribution < -0.4 is 5.32 Å². The fraction of sp³-hybridized carbons (Fsp3) is 0.625. The molecule has 2 heteroatoms. The summed E-state index contributed by atoms with van der Waals surface area (Å²) in [5.74, 6) is 0.981. The second-order valence-electron chi connectivity index (χ2n) is 5.61. The lowest BCUT2D eigenvalue weighted by molar-refractivity contribution is 0.256. The highest BCUT2D eigenvalue weighted by Crippen LogP contribution is 2.31. The van der Waals surface area contributed by atoms with Crippen molar-refractivity contribution in [2.45, 2.75) is 58.0 Å². The summed E-state index contributed by atoms with van der Waals surface area (Å²) >= 11 is 3.50. The van der Waals surface area contributed by atoms with Crippen LogP contribution in [0, 0.1) is 5.92 Å². The fourth-order valence-electron chi connectivity index (χ4n) is 2.78. The molecule has 1 nitrogen and oxygen atoms in total. The number of hydrogen-bond acceptors (Lipinski definition) is 1. The monoisotopic (exact) mass is 309 g/mol. The highest BCUT2D eigenvalue weighted by molar-refractivity contribution is 9.10. The van der Waals surface area contributed by atoms with Crippen LogP contribution in [-0.4, -0.2) is 6.04 Å². The molecule has 1 aromatic carbocycles.